The number of hydrogen-bond donors (Lipinski definition) is 0. The Labute approximate surface area is 370 Å². The molecular formula is C60H48N2Si. The van der Waals surface area contributed by atoms with Crippen LogP contribution in [0.5, 0.6) is 0 Å². The largest absolute Gasteiger partial charge is 0.307 e. The van der Waals surface area contributed by atoms with E-state index in [2.05, 4.69) is 234 Å². The van der Waals surface area contributed by atoms with Crippen molar-refractivity contribution in [3.05, 3.63) is 230 Å². The summed E-state index contributed by atoms with van der Waals surface area (Å²) in [6, 6.07) is 84.5. The normalized spacial score (nSPS) is 13.7. The van der Waals surface area contributed by atoms with Crippen LogP contribution in [-0.4, -0.2) is 17.2 Å². The van der Waals surface area contributed by atoms with Crippen LogP contribution in [-0.2, 0) is 0 Å². The Morgan fingerprint density at radius 3 is 1.52 bits per heavy atom. The van der Waals surface area contributed by atoms with Crippen molar-refractivity contribution in [3.8, 4) is 22.5 Å². The summed E-state index contributed by atoms with van der Waals surface area (Å²) in [7, 11) is -2.71. The molecule has 0 N–H and O–H groups in total. The fraction of sp³-hybridized carbons (Fsp3) is 0.100. The smallest absolute Gasteiger partial charge is 0.179 e. The third-order valence-corrected chi connectivity index (χ3v) is 18.8. The molecule has 302 valence electrons. The summed E-state index contributed by atoms with van der Waals surface area (Å²) in [5.41, 5.74) is 11.2. The van der Waals surface area contributed by atoms with Crippen molar-refractivity contribution in [2.75, 3.05) is 0 Å². The van der Waals surface area contributed by atoms with E-state index in [1.807, 2.05) is 0 Å². The maximum atomic E-state index is 2.56. The zero-order valence-electron chi connectivity index (χ0n) is 35.4. The Kier molecular flexibility index (Phi) is 9.30. The highest BCUT2D eigenvalue weighted by molar-refractivity contribution is 7.19. The lowest BCUT2D eigenvalue weighted by atomic mass is 9.84. The first-order valence-electron chi connectivity index (χ1n) is 22.7. The molecule has 0 unspecified atom stereocenters. The summed E-state index contributed by atoms with van der Waals surface area (Å²) in [6.07, 6.45) is 6.57. The van der Waals surface area contributed by atoms with Crippen LogP contribution in [0, 0.1) is 0 Å². The lowest BCUT2D eigenvalue weighted by Crippen LogP contribution is -2.74. The molecule has 0 atom stereocenters. The second-order valence-electron chi connectivity index (χ2n) is 17.5. The minimum absolute atomic E-state index is 0.624. The van der Waals surface area contributed by atoms with E-state index in [9.17, 15) is 0 Å². The first-order chi connectivity index (χ1) is 31.3. The zero-order chi connectivity index (χ0) is 41.7. The fourth-order valence-corrected chi connectivity index (χ4v) is 16.0. The molecule has 2 heterocycles. The molecule has 0 bridgehead atoms. The standard InChI is InChI=1S/C60H48N2Si/c1-5-20-43(21-6-1)46-38-39-54-52-32-13-16-36-57(52)62(59(54)42-46)58-37-19-34-55-53-33-14-15-35-56(53)61(60(55)58)47-24-17-22-44(40-47)45-23-18-31-51(41-45)63(48-25-7-2-8-26-48,49-27-9-3-10-28-49)50-29-11-4-12-30-50/h2-4,7-19,22-43H,1,5-6,20-21H2. The number of benzene rings is 9. The SMILES string of the molecule is c1ccc([Si](c2ccccc2)(c2ccccc2)c2cccc(-c3cccc(-n4c5ccccc5c5cccc(-n6c7ccccc7c7ccc(C8CCCCC8)cc76)c54)c3)c2)cc1. The molecule has 1 aliphatic rings. The van der Waals surface area contributed by atoms with E-state index < -0.39 is 8.07 Å². The highest BCUT2D eigenvalue weighted by Crippen LogP contribution is 2.42. The van der Waals surface area contributed by atoms with Crippen molar-refractivity contribution in [2.24, 2.45) is 0 Å². The van der Waals surface area contributed by atoms with Gasteiger partial charge in [0.25, 0.3) is 0 Å². The van der Waals surface area contributed by atoms with Gasteiger partial charge >= 0.3 is 0 Å². The summed E-state index contributed by atoms with van der Waals surface area (Å²) in [5.74, 6) is 0.624. The minimum Gasteiger partial charge on any atom is -0.307 e. The highest BCUT2D eigenvalue weighted by atomic mass is 28.3. The van der Waals surface area contributed by atoms with Crippen molar-refractivity contribution in [1.29, 1.82) is 0 Å². The maximum Gasteiger partial charge on any atom is 0.179 e. The van der Waals surface area contributed by atoms with Gasteiger partial charge in [-0.15, -0.1) is 0 Å². The predicted molar refractivity (Wildman–Crippen MR) is 270 cm³/mol. The van der Waals surface area contributed by atoms with E-state index in [4.69, 9.17) is 0 Å². The van der Waals surface area contributed by atoms with Crippen LogP contribution >= 0.6 is 0 Å². The quantitative estimate of drug-likeness (QED) is 0.107. The molecule has 0 amide bonds. The minimum atomic E-state index is -2.71. The van der Waals surface area contributed by atoms with Gasteiger partial charge in [-0.25, -0.2) is 0 Å². The number of hydrogen-bond acceptors (Lipinski definition) is 0. The lowest BCUT2D eigenvalue weighted by molar-refractivity contribution is 0.444. The average Bonchev–Trinajstić information content (AvgIpc) is 3.88. The molecule has 1 saturated carbocycles. The van der Waals surface area contributed by atoms with Gasteiger partial charge in [-0.2, -0.15) is 0 Å². The fourth-order valence-electron chi connectivity index (χ4n) is 11.2. The molecule has 2 aromatic heterocycles. The van der Waals surface area contributed by atoms with Gasteiger partial charge < -0.3 is 9.13 Å². The molecule has 0 aliphatic heterocycles. The zero-order valence-corrected chi connectivity index (χ0v) is 36.4. The average molecular weight is 825 g/mol. The van der Waals surface area contributed by atoms with Gasteiger partial charge in [-0.3, -0.25) is 0 Å². The Hall–Kier alpha value is -7.20. The number of nitrogens with zero attached hydrogens (tertiary/aromatic N) is 2. The summed E-state index contributed by atoms with van der Waals surface area (Å²) in [6.45, 7) is 0. The molecule has 0 saturated heterocycles. The molecule has 0 radical (unpaired) electrons. The molecule has 9 aromatic carbocycles. The molecule has 12 rings (SSSR count). The van der Waals surface area contributed by atoms with Gasteiger partial charge in [0, 0.05) is 27.2 Å². The molecule has 63 heavy (non-hydrogen) atoms. The summed E-state index contributed by atoms with van der Waals surface area (Å²) < 4.78 is 5.08. The summed E-state index contributed by atoms with van der Waals surface area (Å²) in [5, 5.41) is 10.6. The van der Waals surface area contributed by atoms with E-state index in [-0.39, 0.29) is 0 Å². The Morgan fingerprint density at radius 1 is 0.349 bits per heavy atom. The Morgan fingerprint density at radius 2 is 0.857 bits per heavy atom. The number of fused-ring (bicyclic) bond motifs is 6. The second-order valence-corrected chi connectivity index (χ2v) is 21.3. The molecule has 1 aliphatic carbocycles. The van der Waals surface area contributed by atoms with Gasteiger partial charge in [0.1, 0.15) is 0 Å². The van der Waals surface area contributed by atoms with Crippen molar-refractivity contribution < 1.29 is 0 Å². The molecule has 2 nitrogen and oxygen atoms in total. The molecule has 1 fully saturated rings. The first kappa shape index (κ1) is 37.5. The number of rotatable bonds is 8. The van der Waals surface area contributed by atoms with Gasteiger partial charge in [0.2, 0.25) is 0 Å². The van der Waals surface area contributed by atoms with Gasteiger partial charge in [0.05, 0.1) is 27.8 Å². The topological polar surface area (TPSA) is 9.86 Å². The lowest BCUT2D eigenvalue weighted by Gasteiger charge is -2.34. The third-order valence-electron chi connectivity index (χ3n) is 14.0. The second kappa shape index (κ2) is 15.6. The van der Waals surface area contributed by atoms with Gasteiger partial charge in [-0.1, -0.05) is 207 Å². The van der Waals surface area contributed by atoms with Crippen LogP contribution in [0.15, 0.2) is 224 Å². The molecule has 0 spiro atoms. The Balaban J connectivity index is 1.07. The maximum absolute atomic E-state index is 2.71. The van der Waals surface area contributed by atoms with Crippen molar-refractivity contribution in [3.63, 3.8) is 0 Å². The summed E-state index contributed by atoms with van der Waals surface area (Å²) in [4.78, 5) is 0. The highest BCUT2D eigenvalue weighted by Gasteiger charge is 2.41. The predicted octanol–water partition coefficient (Wildman–Crippen LogP) is 13.0. The first-order valence-corrected chi connectivity index (χ1v) is 24.7. The van der Waals surface area contributed by atoms with Crippen molar-refractivity contribution in [1.82, 2.24) is 9.13 Å². The van der Waals surface area contributed by atoms with Crippen LogP contribution < -0.4 is 20.7 Å². The van der Waals surface area contributed by atoms with E-state index in [0.717, 1.165) is 5.69 Å². The van der Waals surface area contributed by atoms with Crippen molar-refractivity contribution in [2.45, 2.75) is 38.0 Å². The Bertz CT molecular complexity index is 3330. The van der Waals surface area contributed by atoms with E-state index >= 15 is 0 Å². The summed E-state index contributed by atoms with van der Waals surface area (Å²) >= 11 is 0. The number of para-hydroxylation sites is 3. The number of aromatic nitrogens is 2. The molecule has 3 heteroatoms. The van der Waals surface area contributed by atoms with Crippen LogP contribution in [0.1, 0.15) is 43.6 Å². The van der Waals surface area contributed by atoms with Crippen LogP contribution in [0.2, 0.25) is 0 Å². The van der Waals surface area contributed by atoms with Gasteiger partial charge in [0.15, 0.2) is 8.07 Å². The van der Waals surface area contributed by atoms with Crippen LogP contribution in [0.25, 0.3) is 66.1 Å². The third kappa shape index (κ3) is 6.13. The van der Waals surface area contributed by atoms with E-state index in [1.165, 1.54) is 119 Å². The van der Waals surface area contributed by atoms with Crippen LogP contribution in [0.4, 0.5) is 0 Å². The molecular weight excluding hydrogens is 777 g/mol. The van der Waals surface area contributed by atoms with Gasteiger partial charge in [-0.05, 0) is 92.6 Å². The monoisotopic (exact) mass is 824 g/mol. The van der Waals surface area contributed by atoms with Crippen molar-refractivity contribution >= 4 is 72.4 Å². The molecule has 11 aromatic rings. The van der Waals surface area contributed by atoms with Crippen LogP contribution in [0.3, 0.4) is 0 Å². The van der Waals surface area contributed by atoms with E-state index in [1.54, 1.807) is 0 Å². The van der Waals surface area contributed by atoms with E-state index in [0.29, 0.717) is 5.92 Å².